The summed E-state index contributed by atoms with van der Waals surface area (Å²) in [5, 5.41) is 5.50. The molecule has 2 heterocycles. The number of hydrogen-bond donors (Lipinski definition) is 1. The number of nitrogens with one attached hydrogen (secondary N) is 1. The van der Waals surface area contributed by atoms with Crippen LogP contribution in [-0.4, -0.2) is 10.1 Å². The average Bonchev–Trinajstić information content (AvgIpc) is 3.10. The van der Waals surface area contributed by atoms with E-state index >= 15 is 0 Å². The molecule has 0 atom stereocenters. The van der Waals surface area contributed by atoms with Crippen molar-refractivity contribution in [1.82, 2.24) is 10.1 Å². The molecule has 0 saturated carbocycles. The molecular weight excluding hydrogens is 336 g/mol. The van der Waals surface area contributed by atoms with E-state index in [1.165, 1.54) is 0 Å². The average molecular weight is 351 g/mol. The molecule has 1 N–H and O–H groups in total. The number of H-pyrrole nitrogens is 1. The van der Waals surface area contributed by atoms with Crippen molar-refractivity contribution in [3.8, 4) is 22.5 Å². The summed E-state index contributed by atoms with van der Waals surface area (Å²) in [6, 6.07) is 17.0. The minimum absolute atomic E-state index is 0.215. The number of benzene rings is 2. The maximum absolute atomic E-state index is 12.8. The summed E-state index contributed by atoms with van der Waals surface area (Å²) in [6.45, 7) is 1.99. The lowest BCUT2D eigenvalue weighted by Crippen LogP contribution is -2.11. The monoisotopic (exact) mass is 350 g/mol. The van der Waals surface area contributed by atoms with Gasteiger partial charge in [-0.15, -0.1) is 0 Å². The van der Waals surface area contributed by atoms with Crippen molar-refractivity contribution >= 4 is 22.5 Å². The van der Waals surface area contributed by atoms with Crippen molar-refractivity contribution in [1.29, 1.82) is 0 Å². The third-order valence-corrected chi connectivity index (χ3v) is 4.44. The Labute approximate surface area is 149 Å². The summed E-state index contributed by atoms with van der Waals surface area (Å²) >= 11 is 6.22. The highest BCUT2D eigenvalue weighted by Crippen LogP contribution is 2.36. The van der Waals surface area contributed by atoms with Crippen LogP contribution in [0.25, 0.3) is 33.4 Å². The van der Waals surface area contributed by atoms with E-state index in [9.17, 15) is 4.79 Å². The molecule has 2 aromatic heterocycles. The quantitative estimate of drug-likeness (QED) is 0.561. The van der Waals surface area contributed by atoms with E-state index in [0.717, 1.165) is 34.1 Å². The van der Waals surface area contributed by atoms with E-state index < -0.39 is 0 Å². The summed E-state index contributed by atoms with van der Waals surface area (Å²) in [6.07, 6.45) is 0.738. The molecule has 25 heavy (non-hydrogen) atoms. The highest BCUT2D eigenvalue weighted by molar-refractivity contribution is 6.31. The van der Waals surface area contributed by atoms with Gasteiger partial charge < -0.3 is 9.51 Å². The molecule has 0 unspecified atom stereocenters. The van der Waals surface area contributed by atoms with E-state index in [-0.39, 0.29) is 5.56 Å². The number of aromatic amines is 1. The molecule has 0 bridgehead atoms. The van der Waals surface area contributed by atoms with Crippen LogP contribution in [0.15, 0.2) is 63.9 Å². The first-order valence-corrected chi connectivity index (χ1v) is 8.42. The second kappa shape index (κ2) is 6.22. The van der Waals surface area contributed by atoms with Gasteiger partial charge in [-0.2, -0.15) is 0 Å². The number of aromatic nitrogens is 2. The first-order chi connectivity index (χ1) is 12.2. The molecule has 4 nitrogen and oxygen atoms in total. The second-order valence-corrected chi connectivity index (χ2v) is 6.23. The van der Waals surface area contributed by atoms with Crippen LogP contribution < -0.4 is 5.56 Å². The van der Waals surface area contributed by atoms with Gasteiger partial charge in [-0.3, -0.25) is 4.79 Å². The van der Waals surface area contributed by atoms with Crippen molar-refractivity contribution in [2.75, 3.05) is 0 Å². The lowest BCUT2D eigenvalue weighted by Gasteiger charge is -2.11. The van der Waals surface area contributed by atoms with Gasteiger partial charge in [0.1, 0.15) is 0 Å². The highest BCUT2D eigenvalue weighted by atomic mass is 35.5. The number of hydrogen-bond acceptors (Lipinski definition) is 3. The van der Waals surface area contributed by atoms with Crippen LogP contribution in [-0.2, 0) is 6.42 Å². The molecule has 0 aliphatic carbocycles. The Hall–Kier alpha value is -2.85. The van der Waals surface area contributed by atoms with Gasteiger partial charge in [0, 0.05) is 27.6 Å². The van der Waals surface area contributed by atoms with Crippen LogP contribution in [0.5, 0.6) is 0 Å². The van der Waals surface area contributed by atoms with E-state index in [0.29, 0.717) is 16.3 Å². The molecule has 4 rings (SSSR count). The van der Waals surface area contributed by atoms with E-state index in [4.69, 9.17) is 16.1 Å². The van der Waals surface area contributed by atoms with E-state index in [2.05, 4.69) is 10.1 Å². The summed E-state index contributed by atoms with van der Waals surface area (Å²) in [7, 11) is 0. The number of aryl methyl sites for hydroxylation is 1. The van der Waals surface area contributed by atoms with Gasteiger partial charge in [-0.1, -0.05) is 54.0 Å². The van der Waals surface area contributed by atoms with Crippen molar-refractivity contribution < 1.29 is 4.52 Å². The van der Waals surface area contributed by atoms with Crippen LogP contribution in [0.3, 0.4) is 0 Å². The van der Waals surface area contributed by atoms with Gasteiger partial charge in [0.15, 0.2) is 5.76 Å². The summed E-state index contributed by atoms with van der Waals surface area (Å²) in [5.74, 6) is 0.457. The fraction of sp³-hybridized carbons (Fsp3) is 0.100. The first-order valence-electron chi connectivity index (χ1n) is 8.04. The van der Waals surface area contributed by atoms with Gasteiger partial charge in [-0.05, 0) is 30.2 Å². The Morgan fingerprint density at radius 1 is 1.08 bits per heavy atom. The number of pyridine rings is 1. The van der Waals surface area contributed by atoms with Crippen LogP contribution in [0, 0.1) is 0 Å². The van der Waals surface area contributed by atoms with Crippen LogP contribution in [0.2, 0.25) is 5.02 Å². The number of nitrogens with zero attached hydrogens (tertiary/aromatic N) is 1. The molecule has 124 valence electrons. The first kappa shape index (κ1) is 15.7. The lowest BCUT2D eigenvalue weighted by atomic mass is 9.95. The fourth-order valence-corrected chi connectivity index (χ4v) is 3.17. The fourth-order valence-electron chi connectivity index (χ4n) is 3.00. The molecular formula is C20H15ClN2O2. The predicted molar refractivity (Wildman–Crippen MR) is 99.9 cm³/mol. The van der Waals surface area contributed by atoms with Crippen molar-refractivity contribution in [2.24, 2.45) is 0 Å². The summed E-state index contributed by atoms with van der Waals surface area (Å²) < 4.78 is 5.46. The number of rotatable bonds is 3. The molecule has 2 aromatic carbocycles. The molecule has 0 fully saturated rings. The molecule has 5 heteroatoms. The summed E-state index contributed by atoms with van der Waals surface area (Å²) in [4.78, 5) is 15.8. The molecule has 0 spiro atoms. The Morgan fingerprint density at radius 2 is 1.88 bits per heavy atom. The summed E-state index contributed by atoms with van der Waals surface area (Å²) in [5.41, 5.74) is 3.50. The molecule has 0 radical (unpaired) electrons. The minimum atomic E-state index is -0.215. The van der Waals surface area contributed by atoms with Crippen molar-refractivity contribution in [3.05, 3.63) is 75.7 Å². The van der Waals surface area contributed by atoms with Gasteiger partial charge in [0.25, 0.3) is 5.56 Å². The zero-order valence-electron chi connectivity index (χ0n) is 13.5. The molecule has 0 saturated heterocycles. The minimum Gasteiger partial charge on any atom is -0.356 e. The van der Waals surface area contributed by atoms with Crippen molar-refractivity contribution in [3.63, 3.8) is 0 Å². The Kier molecular flexibility index (Phi) is 3.90. The van der Waals surface area contributed by atoms with Crippen LogP contribution >= 0.6 is 11.6 Å². The third kappa shape index (κ3) is 2.75. The second-order valence-electron chi connectivity index (χ2n) is 5.80. The predicted octanol–water partition coefficient (Wildman–Crippen LogP) is 5.07. The van der Waals surface area contributed by atoms with E-state index in [1.54, 1.807) is 6.07 Å². The lowest BCUT2D eigenvalue weighted by molar-refractivity contribution is 0.424. The molecule has 0 aliphatic rings. The third-order valence-electron chi connectivity index (χ3n) is 4.21. The SMILES string of the molecule is CCc1cc(-c2c(-c3ccccc3)c3cc(Cl)ccc3[nH]c2=O)on1. The Bertz CT molecular complexity index is 1110. The topological polar surface area (TPSA) is 58.9 Å². The Balaban J connectivity index is 2.14. The van der Waals surface area contributed by atoms with Gasteiger partial charge in [-0.25, -0.2) is 0 Å². The highest BCUT2D eigenvalue weighted by Gasteiger charge is 2.20. The van der Waals surface area contributed by atoms with Gasteiger partial charge >= 0.3 is 0 Å². The number of halogens is 1. The number of fused-ring (bicyclic) bond motifs is 1. The molecule has 0 amide bonds. The molecule has 0 aliphatic heterocycles. The largest absolute Gasteiger partial charge is 0.356 e. The molecule has 4 aromatic rings. The maximum Gasteiger partial charge on any atom is 0.260 e. The zero-order chi connectivity index (χ0) is 17.4. The zero-order valence-corrected chi connectivity index (χ0v) is 14.3. The Morgan fingerprint density at radius 3 is 2.60 bits per heavy atom. The van der Waals surface area contributed by atoms with Gasteiger partial charge in [0.05, 0.1) is 11.3 Å². The van der Waals surface area contributed by atoms with E-state index in [1.807, 2.05) is 55.5 Å². The van der Waals surface area contributed by atoms with Gasteiger partial charge in [0.2, 0.25) is 0 Å². The smallest absolute Gasteiger partial charge is 0.260 e. The van der Waals surface area contributed by atoms with Crippen LogP contribution in [0.1, 0.15) is 12.6 Å². The standard InChI is InChI=1S/C20H15ClN2O2/c1-2-14-11-17(25-23-14)19-18(12-6-4-3-5-7-12)15-10-13(21)8-9-16(15)22-20(19)24/h3-11H,2H2,1H3,(H,22,24). The normalized spacial score (nSPS) is 11.1. The van der Waals surface area contributed by atoms with Crippen LogP contribution in [0.4, 0.5) is 0 Å². The maximum atomic E-state index is 12.8. The van der Waals surface area contributed by atoms with Crippen molar-refractivity contribution in [2.45, 2.75) is 13.3 Å².